The lowest BCUT2D eigenvalue weighted by Gasteiger charge is -2.34. The van der Waals surface area contributed by atoms with Crippen molar-refractivity contribution < 1.29 is 9.53 Å². The molecule has 4 aromatic rings. The number of fused-ring (bicyclic) bond motifs is 1. The van der Waals surface area contributed by atoms with Crippen LogP contribution in [0.3, 0.4) is 0 Å². The Morgan fingerprint density at radius 1 is 1.11 bits per heavy atom. The first-order chi connectivity index (χ1) is 17.8. The molecule has 1 saturated heterocycles. The van der Waals surface area contributed by atoms with Crippen LogP contribution in [-0.4, -0.2) is 52.0 Å². The predicted molar refractivity (Wildman–Crippen MR) is 146 cm³/mol. The summed E-state index contributed by atoms with van der Waals surface area (Å²) in [5.74, 6) is 0. The number of nitrogens with two attached hydrogens (primary N) is 1. The molecule has 4 aromatic heterocycles. The van der Waals surface area contributed by atoms with E-state index in [4.69, 9.17) is 9.53 Å². The van der Waals surface area contributed by atoms with Gasteiger partial charge in [-0.15, -0.1) is 0 Å². The van der Waals surface area contributed by atoms with Crippen molar-refractivity contribution in [2.24, 2.45) is 5.73 Å². The van der Waals surface area contributed by atoms with E-state index in [1.807, 2.05) is 38.4 Å². The van der Waals surface area contributed by atoms with Gasteiger partial charge in [0.25, 0.3) is 5.56 Å². The topological polar surface area (TPSA) is 106 Å². The molecule has 0 aliphatic carbocycles. The largest absolute Gasteiger partial charge is 0.379 e. The second kappa shape index (κ2) is 11.5. The molecule has 3 N–H and O–H groups in total. The van der Waals surface area contributed by atoms with Crippen LogP contribution in [0.25, 0.3) is 16.6 Å². The molecule has 194 valence electrons. The van der Waals surface area contributed by atoms with Crippen LogP contribution in [-0.2, 0) is 16.0 Å². The third-order valence-electron chi connectivity index (χ3n) is 7.16. The molecule has 5 rings (SSSR count). The Bertz CT molecular complexity index is 1440. The molecule has 1 fully saturated rings. The summed E-state index contributed by atoms with van der Waals surface area (Å²) in [4.78, 5) is 31.0. The minimum absolute atomic E-state index is 0.00686. The van der Waals surface area contributed by atoms with Crippen LogP contribution < -0.4 is 11.3 Å². The minimum Gasteiger partial charge on any atom is -0.379 e. The maximum absolute atomic E-state index is 12.8. The average Bonchev–Trinajstić information content (AvgIpc) is 3.31. The Labute approximate surface area is 217 Å². The number of ether oxygens (including phenoxy) is 1. The van der Waals surface area contributed by atoms with Gasteiger partial charge in [0, 0.05) is 72.2 Å². The van der Waals surface area contributed by atoms with Crippen molar-refractivity contribution >= 4 is 11.9 Å². The van der Waals surface area contributed by atoms with Crippen LogP contribution in [0, 0.1) is 20.8 Å². The minimum atomic E-state index is 0.00686. The van der Waals surface area contributed by atoms with Crippen LogP contribution in [0.1, 0.15) is 46.6 Å². The van der Waals surface area contributed by atoms with Crippen molar-refractivity contribution in [1.29, 1.82) is 0 Å². The first kappa shape index (κ1) is 26.3. The lowest BCUT2D eigenvalue weighted by atomic mass is 9.95. The third-order valence-corrected chi connectivity index (χ3v) is 7.16. The molecular weight excluding hydrogens is 466 g/mol. The summed E-state index contributed by atoms with van der Waals surface area (Å²) in [6, 6.07) is 10.8. The van der Waals surface area contributed by atoms with E-state index >= 15 is 0 Å². The average molecular weight is 502 g/mol. The molecule has 8 nitrogen and oxygen atoms in total. The fourth-order valence-electron chi connectivity index (χ4n) is 5.26. The number of aromatic amines is 1. The van der Waals surface area contributed by atoms with Gasteiger partial charge in [-0.3, -0.25) is 19.5 Å². The molecule has 8 heteroatoms. The molecule has 0 radical (unpaired) electrons. The molecule has 1 aliphatic heterocycles. The van der Waals surface area contributed by atoms with Gasteiger partial charge in [0.15, 0.2) is 0 Å². The number of hydrogen-bond donors (Lipinski definition) is 2. The van der Waals surface area contributed by atoms with E-state index in [-0.39, 0.29) is 18.0 Å². The van der Waals surface area contributed by atoms with Crippen LogP contribution in [0.5, 0.6) is 0 Å². The zero-order chi connectivity index (χ0) is 26.5. The SMILES string of the molecule is Cc1cc(C)c(Cc2cc3cc(-c4ccncc4)cn3c(C(C)N3CCOCC3)c2C)c(=O)[nH]1.NC=O. The number of morpholine rings is 1. The molecule has 1 amide bonds. The third kappa shape index (κ3) is 5.65. The van der Waals surface area contributed by atoms with Crippen LogP contribution >= 0.6 is 0 Å². The molecule has 37 heavy (non-hydrogen) atoms. The summed E-state index contributed by atoms with van der Waals surface area (Å²) in [7, 11) is 0. The molecule has 1 unspecified atom stereocenters. The van der Waals surface area contributed by atoms with E-state index in [9.17, 15) is 4.79 Å². The summed E-state index contributed by atoms with van der Waals surface area (Å²) in [6.45, 7) is 11.8. The van der Waals surface area contributed by atoms with Gasteiger partial charge in [-0.2, -0.15) is 0 Å². The second-order valence-corrected chi connectivity index (χ2v) is 9.52. The Morgan fingerprint density at radius 2 is 1.78 bits per heavy atom. The lowest BCUT2D eigenvalue weighted by molar-refractivity contribution is -0.106. The maximum atomic E-state index is 12.8. The summed E-state index contributed by atoms with van der Waals surface area (Å²) in [6.07, 6.45) is 6.76. The van der Waals surface area contributed by atoms with Gasteiger partial charge in [-0.25, -0.2) is 0 Å². The Kier molecular flexibility index (Phi) is 8.21. The maximum Gasteiger partial charge on any atom is 0.251 e. The molecule has 0 saturated carbocycles. The van der Waals surface area contributed by atoms with Gasteiger partial charge in [-0.05, 0) is 80.3 Å². The van der Waals surface area contributed by atoms with E-state index in [2.05, 4.69) is 63.2 Å². The van der Waals surface area contributed by atoms with Gasteiger partial charge in [0.05, 0.1) is 13.2 Å². The van der Waals surface area contributed by atoms with E-state index < -0.39 is 0 Å². The summed E-state index contributed by atoms with van der Waals surface area (Å²) in [5.41, 5.74) is 14.1. The number of nitrogens with zero attached hydrogens (tertiary/aromatic N) is 3. The van der Waals surface area contributed by atoms with Crippen molar-refractivity contribution in [3.05, 3.63) is 92.9 Å². The van der Waals surface area contributed by atoms with Crippen molar-refractivity contribution in [1.82, 2.24) is 19.3 Å². The standard InChI is InChI=1S/C28H32N4O2.CH3NO/c1-18-13-19(2)30-28(33)26(18)16-23-14-25-15-24(22-5-7-29-8-6-22)17-32(25)27(20(23)3)21(4)31-9-11-34-12-10-31;2-1-3/h5-8,13-15,17,21H,9-12,16H2,1-4H3,(H,30,33);1H,(H2,2,3). The second-order valence-electron chi connectivity index (χ2n) is 9.52. The smallest absolute Gasteiger partial charge is 0.251 e. The quantitative estimate of drug-likeness (QED) is 0.406. The van der Waals surface area contributed by atoms with Crippen LogP contribution in [0.2, 0.25) is 0 Å². The van der Waals surface area contributed by atoms with Crippen molar-refractivity contribution in [3.8, 4) is 11.1 Å². The zero-order valence-electron chi connectivity index (χ0n) is 22.0. The number of H-pyrrole nitrogens is 1. The number of aromatic nitrogens is 3. The normalized spacial score (nSPS) is 14.7. The predicted octanol–water partition coefficient (Wildman–Crippen LogP) is 3.70. The van der Waals surface area contributed by atoms with Gasteiger partial charge in [-0.1, -0.05) is 0 Å². The van der Waals surface area contributed by atoms with Gasteiger partial charge in [0.2, 0.25) is 6.41 Å². The number of hydrogen-bond acceptors (Lipinski definition) is 5. The lowest BCUT2D eigenvalue weighted by Crippen LogP contribution is -2.39. The molecule has 0 aromatic carbocycles. The molecular formula is C29H35N5O3. The van der Waals surface area contributed by atoms with Crippen molar-refractivity contribution in [2.75, 3.05) is 26.3 Å². The number of pyridine rings is 3. The number of aryl methyl sites for hydroxylation is 2. The number of carbonyl (C=O) groups excluding carboxylic acids is 1. The summed E-state index contributed by atoms with van der Waals surface area (Å²) < 4.78 is 7.95. The number of nitrogens with one attached hydrogen (secondary N) is 1. The molecule has 5 heterocycles. The fraction of sp³-hybridized carbons (Fsp3) is 0.345. The van der Waals surface area contributed by atoms with E-state index in [1.165, 1.54) is 22.4 Å². The highest BCUT2D eigenvalue weighted by Gasteiger charge is 2.24. The van der Waals surface area contributed by atoms with Crippen LogP contribution in [0.4, 0.5) is 0 Å². The number of primary amides is 1. The Balaban J connectivity index is 0.00000102. The summed E-state index contributed by atoms with van der Waals surface area (Å²) >= 11 is 0. The Hall–Kier alpha value is -3.75. The molecule has 1 atom stereocenters. The van der Waals surface area contributed by atoms with Crippen LogP contribution in [0.15, 0.2) is 53.7 Å². The van der Waals surface area contributed by atoms with Gasteiger partial charge >= 0.3 is 0 Å². The summed E-state index contributed by atoms with van der Waals surface area (Å²) in [5, 5.41) is 0. The highest BCUT2D eigenvalue weighted by molar-refractivity contribution is 5.71. The number of carbonyl (C=O) groups is 1. The molecule has 0 bridgehead atoms. The van der Waals surface area contributed by atoms with E-state index in [0.29, 0.717) is 6.42 Å². The van der Waals surface area contributed by atoms with Crippen molar-refractivity contribution in [3.63, 3.8) is 0 Å². The monoisotopic (exact) mass is 501 g/mol. The number of amides is 1. The van der Waals surface area contributed by atoms with Crippen molar-refractivity contribution in [2.45, 2.75) is 40.2 Å². The zero-order valence-corrected chi connectivity index (χ0v) is 22.0. The fourth-order valence-corrected chi connectivity index (χ4v) is 5.26. The number of rotatable bonds is 5. The molecule has 0 spiro atoms. The first-order valence-electron chi connectivity index (χ1n) is 12.6. The Morgan fingerprint density at radius 3 is 2.43 bits per heavy atom. The molecule has 1 aliphatic rings. The van der Waals surface area contributed by atoms with E-state index in [1.54, 1.807) is 0 Å². The highest BCUT2D eigenvalue weighted by Crippen LogP contribution is 2.32. The highest BCUT2D eigenvalue weighted by atomic mass is 16.5. The van der Waals surface area contributed by atoms with Gasteiger partial charge < -0.3 is 19.9 Å². The van der Waals surface area contributed by atoms with Gasteiger partial charge in [0.1, 0.15) is 0 Å². The van der Waals surface area contributed by atoms with E-state index in [0.717, 1.165) is 54.2 Å². The first-order valence-corrected chi connectivity index (χ1v) is 12.6.